The number of aliphatic hydroxyl groups is 1. The van der Waals surface area contributed by atoms with Crippen LogP contribution in [0.3, 0.4) is 0 Å². The van der Waals surface area contributed by atoms with E-state index >= 15 is 0 Å². The van der Waals surface area contributed by atoms with Crippen LogP contribution < -0.4 is 4.74 Å². The van der Waals surface area contributed by atoms with Crippen molar-refractivity contribution in [3.63, 3.8) is 0 Å². The Bertz CT molecular complexity index is 601. The molecule has 3 heteroatoms. The Morgan fingerprint density at radius 1 is 1.11 bits per heavy atom. The minimum absolute atomic E-state index is 0.0230. The van der Waals surface area contributed by atoms with Crippen molar-refractivity contribution in [2.24, 2.45) is 0 Å². The van der Waals surface area contributed by atoms with Crippen molar-refractivity contribution in [2.75, 3.05) is 0 Å². The van der Waals surface area contributed by atoms with Gasteiger partial charge in [0.25, 0.3) is 0 Å². The first-order chi connectivity index (χ1) is 9.13. The minimum atomic E-state index is 0.0230. The Labute approximate surface area is 112 Å². The molecule has 2 rings (SSSR count). The van der Waals surface area contributed by atoms with Crippen molar-refractivity contribution in [1.82, 2.24) is 0 Å². The highest BCUT2D eigenvalue weighted by atomic mass is 16.5. The molecule has 0 aliphatic rings. The van der Waals surface area contributed by atoms with E-state index in [0.717, 1.165) is 22.4 Å². The highest BCUT2D eigenvalue weighted by molar-refractivity contribution is 5.49. The molecule has 0 atom stereocenters. The van der Waals surface area contributed by atoms with Crippen LogP contribution in [-0.2, 0) is 6.61 Å². The van der Waals surface area contributed by atoms with E-state index in [1.807, 2.05) is 50.2 Å². The fourth-order valence-electron chi connectivity index (χ4n) is 1.96. The van der Waals surface area contributed by atoms with Crippen molar-refractivity contribution in [1.29, 1.82) is 5.26 Å². The van der Waals surface area contributed by atoms with Gasteiger partial charge in [-0.3, -0.25) is 0 Å². The zero-order valence-corrected chi connectivity index (χ0v) is 11.0. The van der Waals surface area contributed by atoms with Crippen LogP contribution >= 0.6 is 0 Å². The summed E-state index contributed by atoms with van der Waals surface area (Å²) in [5.41, 5.74) is 3.35. The molecule has 2 aromatic carbocycles. The number of benzene rings is 2. The third-order valence-electron chi connectivity index (χ3n) is 2.92. The second-order valence-corrected chi connectivity index (χ2v) is 4.46. The quantitative estimate of drug-likeness (QED) is 0.911. The van der Waals surface area contributed by atoms with Gasteiger partial charge in [0.1, 0.15) is 11.5 Å². The monoisotopic (exact) mass is 253 g/mol. The van der Waals surface area contributed by atoms with Crippen molar-refractivity contribution in [2.45, 2.75) is 20.5 Å². The first-order valence-corrected chi connectivity index (χ1v) is 6.03. The molecule has 0 unspecified atom stereocenters. The lowest BCUT2D eigenvalue weighted by molar-refractivity contribution is 0.281. The van der Waals surface area contributed by atoms with E-state index in [1.54, 1.807) is 0 Å². The van der Waals surface area contributed by atoms with Crippen molar-refractivity contribution < 1.29 is 9.84 Å². The summed E-state index contributed by atoms with van der Waals surface area (Å²) in [7, 11) is 0. The Kier molecular flexibility index (Phi) is 3.84. The molecule has 19 heavy (non-hydrogen) atoms. The smallest absolute Gasteiger partial charge is 0.133 e. The number of aryl methyl sites for hydroxylation is 2. The standard InChI is InChI=1S/C16H15NO2/c1-11-7-14(9-17)8-12(2)16(11)19-15-5-3-13(10-18)4-6-15/h3-8,18H,10H2,1-2H3. The normalized spacial score (nSPS) is 10.0. The Hall–Kier alpha value is -2.31. The predicted molar refractivity (Wildman–Crippen MR) is 73.1 cm³/mol. The van der Waals surface area contributed by atoms with Crippen LogP contribution in [0, 0.1) is 25.2 Å². The number of aliphatic hydroxyl groups excluding tert-OH is 1. The molecule has 0 fully saturated rings. The van der Waals surface area contributed by atoms with Crippen LogP contribution in [-0.4, -0.2) is 5.11 Å². The molecule has 96 valence electrons. The van der Waals surface area contributed by atoms with Gasteiger partial charge >= 0.3 is 0 Å². The van der Waals surface area contributed by atoms with Gasteiger partial charge in [0, 0.05) is 0 Å². The summed E-state index contributed by atoms with van der Waals surface area (Å²) in [5, 5.41) is 17.9. The molecule has 3 nitrogen and oxygen atoms in total. The van der Waals surface area contributed by atoms with Gasteiger partial charge in [-0.25, -0.2) is 0 Å². The van der Waals surface area contributed by atoms with Crippen LogP contribution in [0.2, 0.25) is 0 Å². The summed E-state index contributed by atoms with van der Waals surface area (Å²) in [6, 6.07) is 13.0. The van der Waals surface area contributed by atoms with E-state index < -0.39 is 0 Å². The highest BCUT2D eigenvalue weighted by Crippen LogP contribution is 2.29. The van der Waals surface area contributed by atoms with Crippen LogP contribution in [0.4, 0.5) is 0 Å². The molecule has 0 saturated heterocycles. The molecule has 2 aromatic rings. The number of hydrogen-bond donors (Lipinski definition) is 1. The second-order valence-electron chi connectivity index (χ2n) is 4.46. The van der Waals surface area contributed by atoms with E-state index in [9.17, 15) is 0 Å². The van der Waals surface area contributed by atoms with Crippen LogP contribution in [0.1, 0.15) is 22.3 Å². The van der Waals surface area contributed by atoms with Crippen LogP contribution in [0.15, 0.2) is 36.4 Å². The summed E-state index contributed by atoms with van der Waals surface area (Å²) in [5.74, 6) is 1.49. The van der Waals surface area contributed by atoms with E-state index in [4.69, 9.17) is 15.1 Å². The van der Waals surface area contributed by atoms with Gasteiger partial charge in [-0.2, -0.15) is 5.26 Å². The maximum absolute atomic E-state index is 8.99. The third kappa shape index (κ3) is 2.93. The average Bonchev–Trinajstić information content (AvgIpc) is 2.43. The molecule has 0 saturated carbocycles. The maximum Gasteiger partial charge on any atom is 0.133 e. The van der Waals surface area contributed by atoms with Crippen LogP contribution in [0.25, 0.3) is 0 Å². The summed E-state index contributed by atoms with van der Waals surface area (Å²) in [6.45, 7) is 3.87. The molecular formula is C16H15NO2. The Balaban J connectivity index is 2.30. The van der Waals surface area contributed by atoms with Gasteiger partial charge in [0.15, 0.2) is 0 Å². The van der Waals surface area contributed by atoms with E-state index in [2.05, 4.69) is 6.07 Å². The van der Waals surface area contributed by atoms with E-state index in [0.29, 0.717) is 11.3 Å². The van der Waals surface area contributed by atoms with Gasteiger partial charge in [-0.1, -0.05) is 12.1 Å². The van der Waals surface area contributed by atoms with Gasteiger partial charge in [0.05, 0.1) is 18.2 Å². The molecule has 0 aromatic heterocycles. The van der Waals surface area contributed by atoms with Crippen molar-refractivity contribution in [3.05, 3.63) is 58.7 Å². The fraction of sp³-hybridized carbons (Fsp3) is 0.188. The first kappa shape index (κ1) is 13.1. The van der Waals surface area contributed by atoms with Crippen molar-refractivity contribution in [3.8, 4) is 17.6 Å². The third-order valence-corrected chi connectivity index (χ3v) is 2.92. The van der Waals surface area contributed by atoms with Crippen molar-refractivity contribution >= 4 is 0 Å². The van der Waals surface area contributed by atoms with Crippen LogP contribution in [0.5, 0.6) is 11.5 Å². The fourth-order valence-corrected chi connectivity index (χ4v) is 1.96. The lowest BCUT2D eigenvalue weighted by Gasteiger charge is -2.12. The second kappa shape index (κ2) is 5.55. The Morgan fingerprint density at radius 2 is 1.68 bits per heavy atom. The topological polar surface area (TPSA) is 53.2 Å². The molecule has 0 spiro atoms. The predicted octanol–water partition coefficient (Wildman–Crippen LogP) is 3.46. The lowest BCUT2D eigenvalue weighted by atomic mass is 10.1. The lowest BCUT2D eigenvalue weighted by Crippen LogP contribution is -1.93. The number of ether oxygens (including phenoxy) is 1. The van der Waals surface area contributed by atoms with Gasteiger partial charge < -0.3 is 9.84 Å². The van der Waals surface area contributed by atoms with Gasteiger partial charge in [0.2, 0.25) is 0 Å². The molecule has 0 aliphatic heterocycles. The zero-order chi connectivity index (χ0) is 13.8. The Morgan fingerprint density at radius 3 is 2.16 bits per heavy atom. The molecule has 0 aliphatic carbocycles. The summed E-state index contributed by atoms with van der Waals surface area (Å²) < 4.78 is 5.85. The summed E-state index contributed by atoms with van der Waals surface area (Å²) >= 11 is 0. The molecule has 0 heterocycles. The molecule has 1 N–H and O–H groups in total. The number of hydrogen-bond acceptors (Lipinski definition) is 3. The minimum Gasteiger partial charge on any atom is -0.457 e. The van der Waals surface area contributed by atoms with Gasteiger partial charge in [-0.05, 0) is 54.8 Å². The van der Waals surface area contributed by atoms with E-state index in [-0.39, 0.29) is 6.61 Å². The summed E-state index contributed by atoms with van der Waals surface area (Å²) in [6.07, 6.45) is 0. The zero-order valence-electron chi connectivity index (χ0n) is 11.0. The largest absolute Gasteiger partial charge is 0.457 e. The summed E-state index contributed by atoms with van der Waals surface area (Å²) in [4.78, 5) is 0. The number of nitrogens with zero attached hydrogens (tertiary/aromatic N) is 1. The molecule has 0 amide bonds. The molecular weight excluding hydrogens is 238 g/mol. The molecule has 0 radical (unpaired) electrons. The first-order valence-electron chi connectivity index (χ1n) is 6.03. The van der Waals surface area contributed by atoms with E-state index in [1.165, 1.54) is 0 Å². The molecule has 0 bridgehead atoms. The average molecular weight is 253 g/mol. The maximum atomic E-state index is 8.99. The number of rotatable bonds is 3. The SMILES string of the molecule is Cc1cc(C#N)cc(C)c1Oc1ccc(CO)cc1. The highest BCUT2D eigenvalue weighted by Gasteiger charge is 2.07. The van der Waals surface area contributed by atoms with Gasteiger partial charge in [-0.15, -0.1) is 0 Å². The number of nitriles is 1.